The van der Waals surface area contributed by atoms with Crippen LogP contribution in [0, 0.1) is 0 Å². The van der Waals surface area contributed by atoms with Gasteiger partial charge in [-0.25, -0.2) is 0 Å². The van der Waals surface area contributed by atoms with Crippen molar-refractivity contribution in [3.8, 4) is 0 Å². The molecule has 1 aliphatic heterocycles. The molecule has 1 unspecified atom stereocenters. The van der Waals surface area contributed by atoms with E-state index in [9.17, 15) is 0 Å². The van der Waals surface area contributed by atoms with E-state index in [0.29, 0.717) is 6.54 Å². The third-order valence-electron chi connectivity index (χ3n) is 1.60. The molecule has 0 saturated heterocycles. The summed E-state index contributed by atoms with van der Waals surface area (Å²) in [5.41, 5.74) is 0. The Labute approximate surface area is 67.1 Å². The lowest BCUT2D eigenvalue weighted by Crippen LogP contribution is -2.31. The minimum Gasteiger partial charge on any atom is -0.395 e. The van der Waals surface area contributed by atoms with Gasteiger partial charge in [-0.3, -0.25) is 0 Å². The first-order valence-corrected chi connectivity index (χ1v) is 4.03. The van der Waals surface area contributed by atoms with Crippen LogP contribution in [0.15, 0.2) is 12.2 Å². The third-order valence-corrected chi connectivity index (χ3v) is 1.60. The van der Waals surface area contributed by atoms with E-state index in [4.69, 9.17) is 9.84 Å². The Hall–Kier alpha value is -0.380. The van der Waals surface area contributed by atoms with Crippen LogP contribution in [0.2, 0.25) is 0 Å². The summed E-state index contributed by atoms with van der Waals surface area (Å²) in [7, 11) is 0. The van der Waals surface area contributed by atoms with Crippen LogP contribution in [0.5, 0.6) is 0 Å². The Kier molecular flexibility index (Phi) is 4.19. The lowest BCUT2D eigenvalue weighted by atomic mass is 10.2. The normalized spacial score (nSPS) is 23.9. The van der Waals surface area contributed by atoms with Gasteiger partial charge in [-0.15, -0.1) is 0 Å². The molecule has 2 N–H and O–H groups in total. The Morgan fingerprint density at radius 2 is 2.55 bits per heavy atom. The van der Waals surface area contributed by atoms with Crippen molar-refractivity contribution in [2.24, 2.45) is 0 Å². The molecular formula is C8H15NO2. The Bertz CT molecular complexity index is 125. The average Bonchev–Trinajstić information content (AvgIpc) is 2.07. The van der Waals surface area contributed by atoms with Crippen LogP contribution in [0.25, 0.3) is 0 Å². The molecule has 0 amide bonds. The first-order valence-electron chi connectivity index (χ1n) is 4.03. The van der Waals surface area contributed by atoms with Crippen LogP contribution >= 0.6 is 0 Å². The number of aliphatic hydroxyl groups excluding tert-OH is 1. The van der Waals surface area contributed by atoms with Crippen molar-refractivity contribution in [3.63, 3.8) is 0 Å². The first-order chi connectivity index (χ1) is 5.43. The summed E-state index contributed by atoms with van der Waals surface area (Å²) in [6.45, 7) is 2.46. The number of ether oxygens (including phenoxy) is 1. The highest BCUT2D eigenvalue weighted by atomic mass is 16.5. The molecule has 64 valence electrons. The van der Waals surface area contributed by atoms with Gasteiger partial charge in [-0.05, 0) is 6.42 Å². The molecule has 3 nitrogen and oxygen atoms in total. The molecular weight excluding hydrogens is 142 g/mol. The van der Waals surface area contributed by atoms with Crippen molar-refractivity contribution in [1.29, 1.82) is 0 Å². The SMILES string of the molecule is OCCNCC1C=CCCO1. The van der Waals surface area contributed by atoms with Gasteiger partial charge < -0.3 is 15.2 Å². The molecule has 0 radical (unpaired) electrons. The Morgan fingerprint density at radius 1 is 1.64 bits per heavy atom. The third kappa shape index (κ3) is 3.51. The second-order valence-corrected chi connectivity index (χ2v) is 2.55. The number of hydrogen-bond donors (Lipinski definition) is 2. The molecule has 1 aliphatic rings. The highest BCUT2D eigenvalue weighted by Gasteiger charge is 2.06. The monoisotopic (exact) mass is 157 g/mol. The van der Waals surface area contributed by atoms with Gasteiger partial charge in [0.25, 0.3) is 0 Å². The molecule has 0 bridgehead atoms. The molecule has 11 heavy (non-hydrogen) atoms. The second kappa shape index (κ2) is 5.29. The lowest BCUT2D eigenvalue weighted by molar-refractivity contribution is 0.0789. The summed E-state index contributed by atoms with van der Waals surface area (Å²) < 4.78 is 5.39. The van der Waals surface area contributed by atoms with Gasteiger partial charge in [-0.1, -0.05) is 12.2 Å². The molecule has 0 aromatic rings. The minimum absolute atomic E-state index is 0.191. The van der Waals surface area contributed by atoms with Crippen LogP contribution in [0.1, 0.15) is 6.42 Å². The minimum atomic E-state index is 0.191. The molecule has 0 saturated carbocycles. The topological polar surface area (TPSA) is 41.5 Å². The second-order valence-electron chi connectivity index (χ2n) is 2.55. The Morgan fingerprint density at radius 3 is 3.18 bits per heavy atom. The standard InChI is InChI=1S/C8H15NO2/c10-5-4-9-7-8-3-1-2-6-11-8/h1,3,8-10H,2,4-7H2. The van der Waals surface area contributed by atoms with Crippen molar-refractivity contribution in [3.05, 3.63) is 12.2 Å². The van der Waals surface area contributed by atoms with Crippen molar-refractivity contribution in [1.82, 2.24) is 5.32 Å². The number of aliphatic hydroxyl groups is 1. The summed E-state index contributed by atoms with van der Waals surface area (Å²) >= 11 is 0. The van der Waals surface area contributed by atoms with Gasteiger partial charge in [0.1, 0.15) is 0 Å². The maximum absolute atomic E-state index is 8.47. The molecule has 1 rings (SSSR count). The maximum Gasteiger partial charge on any atom is 0.0880 e. The maximum atomic E-state index is 8.47. The molecule has 0 aromatic carbocycles. The summed E-state index contributed by atoms with van der Waals surface area (Å²) in [4.78, 5) is 0. The van der Waals surface area contributed by atoms with Gasteiger partial charge in [-0.2, -0.15) is 0 Å². The number of nitrogens with one attached hydrogen (secondary N) is 1. The average molecular weight is 157 g/mol. The van der Waals surface area contributed by atoms with Crippen molar-refractivity contribution in [2.45, 2.75) is 12.5 Å². The fourth-order valence-corrected chi connectivity index (χ4v) is 1.04. The largest absolute Gasteiger partial charge is 0.395 e. The highest BCUT2D eigenvalue weighted by Crippen LogP contribution is 2.02. The van der Waals surface area contributed by atoms with Gasteiger partial charge in [0.05, 0.1) is 19.3 Å². The molecule has 1 atom stereocenters. The summed E-state index contributed by atoms with van der Waals surface area (Å²) in [5, 5.41) is 11.6. The van der Waals surface area contributed by atoms with E-state index in [1.54, 1.807) is 0 Å². The van der Waals surface area contributed by atoms with Crippen molar-refractivity contribution < 1.29 is 9.84 Å². The van der Waals surface area contributed by atoms with Gasteiger partial charge in [0.2, 0.25) is 0 Å². The van der Waals surface area contributed by atoms with E-state index in [1.165, 1.54) is 0 Å². The quantitative estimate of drug-likeness (QED) is 0.443. The summed E-state index contributed by atoms with van der Waals surface area (Å²) in [6, 6.07) is 0. The van der Waals surface area contributed by atoms with Gasteiger partial charge >= 0.3 is 0 Å². The van der Waals surface area contributed by atoms with E-state index in [2.05, 4.69) is 17.5 Å². The van der Waals surface area contributed by atoms with Gasteiger partial charge in [0.15, 0.2) is 0 Å². The number of rotatable bonds is 4. The van der Waals surface area contributed by atoms with E-state index in [0.717, 1.165) is 19.6 Å². The van der Waals surface area contributed by atoms with E-state index >= 15 is 0 Å². The van der Waals surface area contributed by atoms with Crippen LogP contribution in [-0.4, -0.2) is 37.5 Å². The van der Waals surface area contributed by atoms with Crippen molar-refractivity contribution in [2.75, 3.05) is 26.3 Å². The summed E-state index contributed by atoms with van der Waals surface area (Å²) in [6.07, 6.45) is 5.43. The molecule has 0 aromatic heterocycles. The molecule has 0 spiro atoms. The number of hydrogen-bond acceptors (Lipinski definition) is 3. The van der Waals surface area contributed by atoms with Gasteiger partial charge in [0, 0.05) is 13.1 Å². The summed E-state index contributed by atoms with van der Waals surface area (Å²) in [5.74, 6) is 0. The fraction of sp³-hybridized carbons (Fsp3) is 0.750. The van der Waals surface area contributed by atoms with Crippen LogP contribution in [-0.2, 0) is 4.74 Å². The van der Waals surface area contributed by atoms with E-state index < -0.39 is 0 Å². The first kappa shape index (κ1) is 8.71. The van der Waals surface area contributed by atoms with E-state index in [-0.39, 0.29) is 12.7 Å². The Balaban J connectivity index is 2.05. The van der Waals surface area contributed by atoms with E-state index in [1.807, 2.05) is 0 Å². The molecule has 3 heteroatoms. The van der Waals surface area contributed by atoms with Crippen LogP contribution in [0.4, 0.5) is 0 Å². The lowest BCUT2D eigenvalue weighted by Gasteiger charge is -2.17. The van der Waals surface area contributed by atoms with Crippen LogP contribution < -0.4 is 5.32 Å². The zero-order chi connectivity index (χ0) is 7.94. The smallest absolute Gasteiger partial charge is 0.0880 e. The predicted molar refractivity (Wildman–Crippen MR) is 43.5 cm³/mol. The van der Waals surface area contributed by atoms with Crippen molar-refractivity contribution >= 4 is 0 Å². The molecule has 1 heterocycles. The molecule has 0 aliphatic carbocycles. The predicted octanol–water partition coefficient (Wildman–Crippen LogP) is -0.0866. The zero-order valence-electron chi connectivity index (χ0n) is 6.62. The zero-order valence-corrected chi connectivity index (χ0v) is 6.62. The van der Waals surface area contributed by atoms with Crippen LogP contribution in [0.3, 0.4) is 0 Å². The highest BCUT2D eigenvalue weighted by molar-refractivity contribution is 4.93. The molecule has 0 fully saturated rings. The fourth-order valence-electron chi connectivity index (χ4n) is 1.04.